The van der Waals surface area contributed by atoms with Crippen LogP contribution in [-0.4, -0.2) is 22.8 Å². The zero-order chi connectivity index (χ0) is 10.5. The highest BCUT2D eigenvalue weighted by Crippen LogP contribution is 2.04. The fourth-order valence-electron chi connectivity index (χ4n) is 1.10. The molecule has 0 atom stereocenters. The Balaban J connectivity index is 4.32. The first-order chi connectivity index (χ1) is 5.89. The van der Waals surface area contributed by atoms with Crippen molar-refractivity contribution < 1.29 is 14.7 Å². The van der Waals surface area contributed by atoms with Gasteiger partial charge in [-0.25, -0.2) is 0 Å². The van der Waals surface area contributed by atoms with E-state index in [4.69, 9.17) is 0 Å². The molecule has 0 aliphatic carbocycles. The van der Waals surface area contributed by atoms with Gasteiger partial charge in [0.15, 0.2) is 0 Å². The molecular formula is C8H16N2O3. The van der Waals surface area contributed by atoms with Gasteiger partial charge in [-0.3, -0.25) is 9.59 Å². The van der Waals surface area contributed by atoms with E-state index in [2.05, 4.69) is 10.6 Å². The zero-order valence-corrected chi connectivity index (χ0v) is 8.18. The van der Waals surface area contributed by atoms with E-state index in [1.165, 1.54) is 13.8 Å². The van der Waals surface area contributed by atoms with Crippen molar-refractivity contribution in [3.8, 4) is 0 Å². The minimum atomic E-state index is -1.60. The summed E-state index contributed by atoms with van der Waals surface area (Å²) >= 11 is 0. The maximum absolute atomic E-state index is 10.7. The van der Waals surface area contributed by atoms with Crippen molar-refractivity contribution >= 4 is 11.8 Å². The molecule has 76 valence electrons. The predicted octanol–water partition coefficient (Wildman–Crippen LogP) is -0.295. The summed E-state index contributed by atoms with van der Waals surface area (Å²) in [5.74, 6) is -2.37. The lowest BCUT2D eigenvalue weighted by Gasteiger charge is -2.28. The fourth-order valence-corrected chi connectivity index (χ4v) is 1.10. The molecule has 0 radical (unpaired) electrons. The van der Waals surface area contributed by atoms with Crippen molar-refractivity contribution in [3.63, 3.8) is 0 Å². The summed E-state index contributed by atoms with van der Waals surface area (Å²) in [6.07, 6.45) is 0.934. The molecule has 0 fully saturated rings. The molecule has 0 saturated heterocycles. The fraction of sp³-hybridized carbons (Fsp3) is 0.750. The van der Waals surface area contributed by atoms with Gasteiger partial charge >= 0.3 is 0 Å². The quantitative estimate of drug-likeness (QED) is 0.530. The first-order valence-corrected chi connectivity index (χ1v) is 4.19. The van der Waals surface area contributed by atoms with Crippen LogP contribution in [0.2, 0.25) is 0 Å². The van der Waals surface area contributed by atoms with E-state index < -0.39 is 5.85 Å². The van der Waals surface area contributed by atoms with E-state index in [0.717, 1.165) is 0 Å². The van der Waals surface area contributed by atoms with Crippen molar-refractivity contribution in [1.29, 1.82) is 0 Å². The Bertz CT molecular complexity index is 188. The molecule has 0 bridgehead atoms. The van der Waals surface area contributed by atoms with Crippen molar-refractivity contribution in [2.24, 2.45) is 0 Å². The molecule has 0 saturated carbocycles. The number of amides is 2. The lowest BCUT2D eigenvalue weighted by molar-refractivity contribution is -0.137. The standard InChI is InChI=1S/C8H16N2O3/c1-4-5-8(13,9-6(2)11)10-7(3)12/h13H,4-5H2,1-3H3,(H,9,11)(H,10,12). The Morgan fingerprint density at radius 1 is 1.23 bits per heavy atom. The summed E-state index contributed by atoms with van der Waals surface area (Å²) < 4.78 is 0. The van der Waals surface area contributed by atoms with Gasteiger partial charge < -0.3 is 15.7 Å². The summed E-state index contributed by atoms with van der Waals surface area (Å²) in [6.45, 7) is 4.40. The Morgan fingerprint density at radius 3 is 1.85 bits per heavy atom. The largest absolute Gasteiger partial charge is 0.354 e. The Morgan fingerprint density at radius 2 is 1.62 bits per heavy atom. The smallest absolute Gasteiger partial charge is 0.220 e. The van der Waals surface area contributed by atoms with Crippen LogP contribution >= 0.6 is 0 Å². The molecule has 0 unspecified atom stereocenters. The van der Waals surface area contributed by atoms with Gasteiger partial charge in [-0.15, -0.1) is 0 Å². The summed E-state index contributed by atoms with van der Waals surface area (Å²) in [6, 6.07) is 0. The first kappa shape index (κ1) is 11.9. The van der Waals surface area contributed by atoms with Gasteiger partial charge in [0.1, 0.15) is 0 Å². The van der Waals surface area contributed by atoms with Gasteiger partial charge in [0, 0.05) is 20.3 Å². The van der Waals surface area contributed by atoms with E-state index in [1.54, 1.807) is 0 Å². The van der Waals surface area contributed by atoms with Gasteiger partial charge in [0.2, 0.25) is 17.7 Å². The number of nitrogens with one attached hydrogen (secondary N) is 2. The first-order valence-electron chi connectivity index (χ1n) is 4.19. The third kappa shape index (κ3) is 5.19. The van der Waals surface area contributed by atoms with Gasteiger partial charge in [-0.05, 0) is 6.42 Å². The molecule has 13 heavy (non-hydrogen) atoms. The second kappa shape index (κ2) is 4.81. The van der Waals surface area contributed by atoms with E-state index in [1.807, 2.05) is 6.92 Å². The van der Waals surface area contributed by atoms with Crippen LogP contribution in [0.5, 0.6) is 0 Å². The Hall–Kier alpha value is -1.10. The van der Waals surface area contributed by atoms with E-state index in [-0.39, 0.29) is 18.2 Å². The van der Waals surface area contributed by atoms with Crippen LogP contribution in [-0.2, 0) is 9.59 Å². The van der Waals surface area contributed by atoms with E-state index in [0.29, 0.717) is 6.42 Å². The molecule has 0 rings (SSSR count). The van der Waals surface area contributed by atoms with Crippen LogP contribution in [0.15, 0.2) is 0 Å². The molecule has 0 aromatic heterocycles. The number of hydrogen-bond acceptors (Lipinski definition) is 3. The minimum Gasteiger partial charge on any atom is -0.354 e. The van der Waals surface area contributed by atoms with Crippen LogP contribution < -0.4 is 10.6 Å². The monoisotopic (exact) mass is 188 g/mol. The molecule has 0 heterocycles. The molecule has 0 spiro atoms. The van der Waals surface area contributed by atoms with Crippen LogP contribution in [0, 0.1) is 0 Å². The zero-order valence-electron chi connectivity index (χ0n) is 8.18. The normalized spacial score (nSPS) is 10.8. The third-order valence-corrected chi connectivity index (χ3v) is 1.38. The molecule has 2 amide bonds. The second-order valence-corrected chi connectivity index (χ2v) is 2.97. The molecule has 5 nitrogen and oxygen atoms in total. The lowest BCUT2D eigenvalue weighted by atomic mass is 10.2. The predicted molar refractivity (Wildman–Crippen MR) is 47.5 cm³/mol. The summed E-state index contributed by atoms with van der Waals surface area (Å²) in [5.41, 5.74) is 0. The van der Waals surface area contributed by atoms with Crippen molar-refractivity contribution in [2.45, 2.75) is 39.5 Å². The highest BCUT2D eigenvalue weighted by Gasteiger charge is 2.27. The van der Waals surface area contributed by atoms with Gasteiger partial charge in [-0.1, -0.05) is 6.92 Å². The van der Waals surface area contributed by atoms with Crippen LogP contribution in [0.4, 0.5) is 0 Å². The SMILES string of the molecule is CCCC(O)(NC(C)=O)NC(C)=O. The highest BCUT2D eigenvalue weighted by atomic mass is 16.3. The van der Waals surface area contributed by atoms with Crippen LogP contribution in [0.25, 0.3) is 0 Å². The molecule has 0 aromatic carbocycles. The maximum atomic E-state index is 10.7. The van der Waals surface area contributed by atoms with Gasteiger partial charge in [0.25, 0.3) is 0 Å². The lowest BCUT2D eigenvalue weighted by Crippen LogP contribution is -2.59. The number of aliphatic hydroxyl groups is 1. The molecule has 0 aliphatic heterocycles. The number of carbonyl (C=O) groups is 2. The maximum Gasteiger partial charge on any atom is 0.220 e. The van der Waals surface area contributed by atoms with Crippen molar-refractivity contribution in [2.75, 3.05) is 0 Å². The third-order valence-electron chi connectivity index (χ3n) is 1.38. The molecule has 0 aromatic rings. The number of rotatable bonds is 4. The number of carbonyl (C=O) groups excluding carboxylic acids is 2. The average Bonchev–Trinajstić information content (AvgIpc) is 1.81. The van der Waals surface area contributed by atoms with Crippen LogP contribution in [0.1, 0.15) is 33.6 Å². The highest BCUT2D eigenvalue weighted by molar-refractivity contribution is 5.76. The minimum absolute atomic E-state index is 0.284. The molecule has 0 aliphatic rings. The van der Waals surface area contributed by atoms with Crippen molar-refractivity contribution in [1.82, 2.24) is 10.6 Å². The van der Waals surface area contributed by atoms with Gasteiger partial charge in [-0.2, -0.15) is 0 Å². The van der Waals surface area contributed by atoms with Gasteiger partial charge in [0.05, 0.1) is 0 Å². The number of hydrogen-bond donors (Lipinski definition) is 3. The van der Waals surface area contributed by atoms with Crippen LogP contribution in [0.3, 0.4) is 0 Å². The molecular weight excluding hydrogens is 172 g/mol. The van der Waals surface area contributed by atoms with E-state index in [9.17, 15) is 14.7 Å². The second-order valence-electron chi connectivity index (χ2n) is 2.97. The molecule has 5 heteroatoms. The Labute approximate surface area is 77.5 Å². The van der Waals surface area contributed by atoms with Crippen molar-refractivity contribution in [3.05, 3.63) is 0 Å². The summed E-state index contributed by atoms with van der Waals surface area (Å²) in [4.78, 5) is 21.4. The molecule has 3 N–H and O–H groups in total. The average molecular weight is 188 g/mol. The Kier molecular flexibility index (Phi) is 4.40. The topological polar surface area (TPSA) is 78.4 Å². The summed E-state index contributed by atoms with van der Waals surface area (Å²) in [7, 11) is 0. The summed E-state index contributed by atoms with van der Waals surface area (Å²) in [5, 5.41) is 14.2. The van der Waals surface area contributed by atoms with E-state index >= 15 is 0 Å².